The van der Waals surface area contributed by atoms with Crippen LogP contribution in [0.25, 0.3) is 0 Å². The van der Waals surface area contributed by atoms with Crippen LogP contribution in [0.15, 0.2) is 0 Å². The Labute approximate surface area is 95.8 Å². The Balaban J connectivity index is 2.27. The first-order chi connectivity index (χ1) is 7.74. The molecule has 0 spiro atoms. The number of rotatable bonds is 2. The zero-order valence-corrected chi connectivity index (χ0v) is 9.57. The van der Waals surface area contributed by atoms with Crippen LogP contribution in [0, 0.1) is 19.3 Å². The molecule has 4 heteroatoms. The number of nitrogens with zero attached hydrogens (tertiary/aromatic N) is 2. The number of nitrogen functional groups attached to an aromatic ring is 1. The lowest BCUT2D eigenvalue weighted by Gasteiger charge is -2.20. The van der Waals surface area contributed by atoms with Gasteiger partial charge in [-0.2, -0.15) is 0 Å². The SMILES string of the molecule is C#CCn1c(C)nc(C2CCCOC2)c1N. The van der Waals surface area contributed by atoms with Crippen molar-refractivity contribution in [2.24, 2.45) is 0 Å². The van der Waals surface area contributed by atoms with Crippen molar-refractivity contribution < 1.29 is 4.74 Å². The Morgan fingerprint density at radius 3 is 3.12 bits per heavy atom. The molecule has 0 bridgehead atoms. The molecule has 1 aromatic rings. The molecule has 1 aromatic heterocycles. The first-order valence-electron chi connectivity index (χ1n) is 5.57. The van der Waals surface area contributed by atoms with Gasteiger partial charge in [0.25, 0.3) is 0 Å². The average molecular weight is 219 g/mol. The Bertz CT molecular complexity index is 411. The largest absolute Gasteiger partial charge is 0.384 e. The maximum absolute atomic E-state index is 6.07. The summed E-state index contributed by atoms with van der Waals surface area (Å²) < 4.78 is 7.33. The minimum atomic E-state index is 0.325. The molecule has 0 aliphatic carbocycles. The number of anilines is 1. The lowest BCUT2D eigenvalue weighted by Crippen LogP contribution is -2.17. The van der Waals surface area contributed by atoms with Crippen LogP contribution in [0.3, 0.4) is 0 Å². The van der Waals surface area contributed by atoms with E-state index in [1.165, 1.54) is 0 Å². The van der Waals surface area contributed by atoms with E-state index in [1.807, 2.05) is 11.5 Å². The average Bonchev–Trinajstić information content (AvgIpc) is 2.59. The van der Waals surface area contributed by atoms with Crippen molar-refractivity contribution in [2.45, 2.75) is 32.2 Å². The fourth-order valence-corrected chi connectivity index (χ4v) is 2.15. The van der Waals surface area contributed by atoms with E-state index >= 15 is 0 Å². The molecule has 2 heterocycles. The highest BCUT2D eigenvalue weighted by Crippen LogP contribution is 2.29. The molecule has 86 valence electrons. The zero-order chi connectivity index (χ0) is 11.5. The lowest BCUT2D eigenvalue weighted by molar-refractivity contribution is 0.0796. The second kappa shape index (κ2) is 4.58. The standard InChI is InChI=1S/C12H17N3O/c1-3-6-15-9(2)14-11(12(15)13)10-5-4-7-16-8-10/h1,10H,4-8,13H2,2H3. The molecule has 1 aliphatic heterocycles. The van der Waals surface area contributed by atoms with Crippen molar-refractivity contribution in [1.29, 1.82) is 0 Å². The van der Waals surface area contributed by atoms with Gasteiger partial charge in [-0.05, 0) is 19.8 Å². The van der Waals surface area contributed by atoms with E-state index in [4.69, 9.17) is 16.9 Å². The normalized spacial score (nSPS) is 20.6. The second-order valence-corrected chi connectivity index (χ2v) is 4.13. The van der Waals surface area contributed by atoms with Crippen molar-refractivity contribution in [1.82, 2.24) is 9.55 Å². The van der Waals surface area contributed by atoms with Crippen molar-refractivity contribution >= 4 is 5.82 Å². The number of terminal acetylenes is 1. The van der Waals surface area contributed by atoms with Crippen molar-refractivity contribution in [3.05, 3.63) is 11.5 Å². The van der Waals surface area contributed by atoms with Gasteiger partial charge in [-0.25, -0.2) is 4.98 Å². The van der Waals surface area contributed by atoms with Gasteiger partial charge in [-0.15, -0.1) is 6.42 Å². The number of ether oxygens (including phenoxy) is 1. The number of hydrogen-bond acceptors (Lipinski definition) is 3. The van der Waals surface area contributed by atoms with Gasteiger partial charge in [0, 0.05) is 12.5 Å². The van der Waals surface area contributed by atoms with Gasteiger partial charge in [-0.3, -0.25) is 0 Å². The fourth-order valence-electron chi connectivity index (χ4n) is 2.15. The highest BCUT2D eigenvalue weighted by atomic mass is 16.5. The second-order valence-electron chi connectivity index (χ2n) is 4.13. The first-order valence-corrected chi connectivity index (χ1v) is 5.57. The lowest BCUT2D eigenvalue weighted by atomic mass is 9.99. The Kier molecular flexibility index (Phi) is 3.16. The van der Waals surface area contributed by atoms with Crippen LogP contribution >= 0.6 is 0 Å². The molecule has 0 radical (unpaired) electrons. The molecule has 16 heavy (non-hydrogen) atoms. The molecule has 4 nitrogen and oxygen atoms in total. The predicted molar refractivity (Wildman–Crippen MR) is 63.0 cm³/mol. The van der Waals surface area contributed by atoms with E-state index < -0.39 is 0 Å². The van der Waals surface area contributed by atoms with E-state index in [-0.39, 0.29) is 0 Å². The van der Waals surface area contributed by atoms with Gasteiger partial charge in [-0.1, -0.05) is 5.92 Å². The van der Waals surface area contributed by atoms with E-state index in [2.05, 4.69) is 10.9 Å². The number of hydrogen-bond donors (Lipinski definition) is 1. The van der Waals surface area contributed by atoms with E-state index in [0.717, 1.165) is 37.6 Å². The summed E-state index contributed by atoms with van der Waals surface area (Å²) in [5.74, 6) is 4.50. The summed E-state index contributed by atoms with van der Waals surface area (Å²) in [6, 6.07) is 0. The minimum Gasteiger partial charge on any atom is -0.384 e. The van der Waals surface area contributed by atoms with E-state index in [1.54, 1.807) is 0 Å². The number of aromatic nitrogens is 2. The topological polar surface area (TPSA) is 53.1 Å². The smallest absolute Gasteiger partial charge is 0.128 e. The fraction of sp³-hybridized carbons (Fsp3) is 0.583. The summed E-state index contributed by atoms with van der Waals surface area (Å²) in [6.07, 6.45) is 7.48. The van der Waals surface area contributed by atoms with Crippen molar-refractivity contribution in [3.8, 4) is 12.3 Å². The first kappa shape index (κ1) is 11.0. The Hall–Kier alpha value is -1.47. The highest BCUT2D eigenvalue weighted by molar-refractivity contribution is 5.41. The molecule has 1 fully saturated rings. The number of imidazole rings is 1. The monoisotopic (exact) mass is 219 g/mol. The number of aryl methyl sites for hydroxylation is 1. The molecule has 0 saturated carbocycles. The third-order valence-electron chi connectivity index (χ3n) is 3.02. The van der Waals surface area contributed by atoms with Crippen molar-refractivity contribution in [3.63, 3.8) is 0 Å². The molecule has 1 atom stereocenters. The van der Waals surface area contributed by atoms with Gasteiger partial charge >= 0.3 is 0 Å². The summed E-state index contributed by atoms with van der Waals surface area (Å²) in [5.41, 5.74) is 7.02. The van der Waals surface area contributed by atoms with E-state index in [9.17, 15) is 0 Å². The van der Waals surface area contributed by atoms with Crippen LogP contribution in [-0.4, -0.2) is 22.8 Å². The maximum Gasteiger partial charge on any atom is 0.128 e. The summed E-state index contributed by atoms with van der Waals surface area (Å²) in [6.45, 7) is 3.98. The summed E-state index contributed by atoms with van der Waals surface area (Å²) in [4.78, 5) is 4.51. The molecule has 0 amide bonds. The van der Waals surface area contributed by atoms with Crippen molar-refractivity contribution in [2.75, 3.05) is 18.9 Å². The number of nitrogens with two attached hydrogens (primary N) is 1. The van der Waals surface area contributed by atoms with E-state index in [0.29, 0.717) is 18.3 Å². The van der Waals surface area contributed by atoms with Gasteiger partial charge in [0.05, 0.1) is 18.8 Å². The van der Waals surface area contributed by atoms with Crippen LogP contribution in [0.1, 0.15) is 30.3 Å². The Morgan fingerprint density at radius 1 is 1.69 bits per heavy atom. The highest BCUT2D eigenvalue weighted by Gasteiger charge is 2.23. The molecule has 1 saturated heterocycles. The van der Waals surface area contributed by atoms with Crippen LogP contribution in [0.4, 0.5) is 5.82 Å². The van der Waals surface area contributed by atoms with Gasteiger partial charge in [0.2, 0.25) is 0 Å². The molecule has 2 N–H and O–H groups in total. The third-order valence-corrected chi connectivity index (χ3v) is 3.02. The van der Waals surface area contributed by atoms with Crippen LogP contribution in [0.2, 0.25) is 0 Å². The maximum atomic E-state index is 6.07. The molecular formula is C12H17N3O. The molecule has 1 unspecified atom stereocenters. The van der Waals surface area contributed by atoms with Crippen LogP contribution in [-0.2, 0) is 11.3 Å². The summed E-state index contributed by atoms with van der Waals surface area (Å²) in [7, 11) is 0. The molecule has 0 aromatic carbocycles. The summed E-state index contributed by atoms with van der Waals surface area (Å²) >= 11 is 0. The molecule has 1 aliphatic rings. The van der Waals surface area contributed by atoms with Gasteiger partial charge in [0.15, 0.2) is 0 Å². The van der Waals surface area contributed by atoms with Gasteiger partial charge in [0.1, 0.15) is 11.6 Å². The molecule has 2 rings (SSSR count). The zero-order valence-electron chi connectivity index (χ0n) is 9.57. The van der Waals surface area contributed by atoms with Crippen LogP contribution in [0.5, 0.6) is 0 Å². The molecular weight excluding hydrogens is 202 g/mol. The summed E-state index contributed by atoms with van der Waals surface area (Å²) in [5, 5.41) is 0. The third kappa shape index (κ3) is 1.91. The quantitative estimate of drug-likeness (QED) is 0.763. The minimum absolute atomic E-state index is 0.325. The van der Waals surface area contributed by atoms with Gasteiger partial charge < -0.3 is 15.0 Å². The predicted octanol–water partition coefficient (Wildman–Crippen LogP) is 1.30. The van der Waals surface area contributed by atoms with Crippen LogP contribution < -0.4 is 5.73 Å². The Morgan fingerprint density at radius 2 is 2.50 bits per heavy atom.